The molecule has 1 aromatic heterocycles. The topological polar surface area (TPSA) is 42.2 Å². The van der Waals surface area contributed by atoms with Crippen LogP contribution >= 0.6 is 15.9 Å². The number of hydrogen-bond donors (Lipinski definition) is 1. The van der Waals surface area contributed by atoms with Crippen LogP contribution in [-0.2, 0) is 0 Å². The largest absolute Gasteiger partial charge is 0.457 e. The van der Waals surface area contributed by atoms with Crippen LogP contribution in [0.4, 0.5) is 0 Å². The van der Waals surface area contributed by atoms with E-state index in [0.29, 0.717) is 10.2 Å². The number of nitrogens with one attached hydrogen (secondary N) is 1. The number of unbranched alkanes of at least 4 members (excludes halogenated alkanes) is 3. The minimum absolute atomic E-state index is 0.0767. The van der Waals surface area contributed by atoms with Crippen molar-refractivity contribution in [2.24, 2.45) is 0 Å². The fourth-order valence-electron chi connectivity index (χ4n) is 1.30. The highest BCUT2D eigenvalue weighted by Gasteiger charge is 2.11. The first-order valence-corrected chi connectivity index (χ1v) is 6.06. The maximum absolute atomic E-state index is 11.6. The number of hydrogen-bond acceptors (Lipinski definition) is 2. The predicted molar refractivity (Wildman–Crippen MR) is 62.9 cm³/mol. The van der Waals surface area contributed by atoms with Gasteiger partial charge in [-0.1, -0.05) is 26.2 Å². The number of amides is 1. The Morgan fingerprint density at radius 3 is 2.87 bits per heavy atom. The van der Waals surface area contributed by atoms with Crippen LogP contribution in [0, 0.1) is 0 Å². The summed E-state index contributed by atoms with van der Waals surface area (Å²) >= 11 is 3.17. The molecule has 0 saturated carbocycles. The lowest BCUT2D eigenvalue weighted by atomic mass is 10.2. The molecule has 0 bridgehead atoms. The Morgan fingerprint density at radius 1 is 1.47 bits per heavy atom. The van der Waals surface area contributed by atoms with Crippen molar-refractivity contribution in [3.8, 4) is 0 Å². The second kappa shape index (κ2) is 6.67. The highest BCUT2D eigenvalue weighted by atomic mass is 79.9. The van der Waals surface area contributed by atoms with Crippen LogP contribution in [0.25, 0.3) is 0 Å². The third kappa shape index (κ3) is 4.08. The van der Waals surface area contributed by atoms with Gasteiger partial charge in [-0.05, 0) is 28.4 Å². The van der Waals surface area contributed by atoms with Crippen molar-refractivity contribution in [2.45, 2.75) is 32.6 Å². The number of halogens is 1. The third-order valence-electron chi connectivity index (χ3n) is 2.18. The second-order valence-electron chi connectivity index (χ2n) is 3.42. The monoisotopic (exact) mass is 273 g/mol. The van der Waals surface area contributed by atoms with Crippen LogP contribution in [0.15, 0.2) is 21.4 Å². The molecule has 84 valence electrons. The maximum Gasteiger partial charge on any atom is 0.255 e. The van der Waals surface area contributed by atoms with Crippen molar-refractivity contribution in [1.82, 2.24) is 5.32 Å². The first-order valence-electron chi connectivity index (χ1n) is 5.27. The van der Waals surface area contributed by atoms with E-state index in [2.05, 4.69) is 28.2 Å². The maximum atomic E-state index is 11.6. The molecule has 0 aliphatic carbocycles. The first kappa shape index (κ1) is 12.3. The van der Waals surface area contributed by atoms with Gasteiger partial charge >= 0.3 is 0 Å². The molecule has 0 aromatic carbocycles. The zero-order valence-electron chi connectivity index (χ0n) is 8.88. The molecule has 1 heterocycles. The minimum atomic E-state index is -0.0767. The normalized spacial score (nSPS) is 10.3. The molecule has 1 aromatic rings. The van der Waals surface area contributed by atoms with Gasteiger partial charge in [-0.25, -0.2) is 0 Å². The molecule has 0 aliphatic rings. The molecule has 3 nitrogen and oxygen atoms in total. The number of carbonyl (C=O) groups excluding carboxylic acids is 1. The van der Waals surface area contributed by atoms with Crippen LogP contribution < -0.4 is 5.32 Å². The van der Waals surface area contributed by atoms with Gasteiger partial charge in [-0.15, -0.1) is 0 Å². The van der Waals surface area contributed by atoms with E-state index in [1.54, 1.807) is 6.07 Å². The Kier molecular flexibility index (Phi) is 5.47. The standard InChI is InChI=1S/C11H16BrNO2/c1-2-3-4-5-7-13-11(14)9-6-8-15-10(9)12/h6,8H,2-5,7H2,1H3,(H,13,14). The van der Waals surface area contributed by atoms with Crippen LogP contribution in [0.2, 0.25) is 0 Å². The lowest BCUT2D eigenvalue weighted by Crippen LogP contribution is -2.24. The van der Waals surface area contributed by atoms with Gasteiger partial charge in [0.25, 0.3) is 5.91 Å². The average Bonchev–Trinajstić information content (AvgIpc) is 2.64. The Labute approximate surface area is 98.4 Å². The first-order chi connectivity index (χ1) is 7.25. The highest BCUT2D eigenvalue weighted by Crippen LogP contribution is 2.16. The summed E-state index contributed by atoms with van der Waals surface area (Å²) in [5, 5.41) is 2.86. The van der Waals surface area contributed by atoms with Gasteiger partial charge < -0.3 is 9.73 Å². The fourth-order valence-corrected chi connectivity index (χ4v) is 1.72. The van der Waals surface area contributed by atoms with E-state index in [1.807, 2.05) is 0 Å². The summed E-state index contributed by atoms with van der Waals surface area (Å²) in [5.41, 5.74) is 0.561. The smallest absolute Gasteiger partial charge is 0.255 e. The third-order valence-corrected chi connectivity index (χ3v) is 2.79. The zero-order valence-corrected chi connectivity index (χ0v) is 10.5. The van der Waals surface area contributed by atoms with Gasteiger partial charge in [0.05, 0.1) is 11.8 Å². The molecule has 1 N–H and O–H groups in total. The fraction of sp³-hybridized carbons (Fsp3) is 0.545. The SMILES string of the molecule is CCCCCCNC(=O)c1ccoc1Br. The van der Waals surface area contributed by atoms with E-state index < -0.39 is 0 Å². The summed E-state index contributed by atoms with van der Waals surface area (Å²) in [5.74, 6) is -0.0767. The summed E-state index contributed by atoms with van der Waals surface area (Å²) in [4.78, 5) is 11.6. The van der Waals surface area contributed by atoms with Gasteiger partial charge in [-0.2, -0.15) is 0 Å². The minimum Gasteiger partial charge on any atom is -0.457 e. The molecule has 4 heteroatoms. The number of carbonyl (C=O) groups is 1. The van der Waals surface area contributed by atoms with E-state index in [1.165, 1.54) is 25.5 Å². The van der Waals surface area contributed by atoms with Crippen molar-refractivity contribution >= 4 is 21.8 Å². The molecular weight excluding hydrogens is 258 g/mol. The van der Waals surface area contributed by atoms with Crippen LogP contribution in [0.1, 0.15) is 43.0 Å². The van der Waals surface area contributed by atoms with E-state index in [9.17, 15) is 4.79 Å². The Hall–Kier alpha value is -0.770. The Morgan fingerprint density at radius 2 is 2.27 bits per heavy atom. The lowest BCUT2D eigenvalue weighted by molar-refractivity contribution is 0.0951. The van der Waals surface area contributed by atoms with Crippen molar-refractivity contribution in [2.75, 3.05) is 6.54 Å². The molecule has 1 rings (SSSR count). The van der Waals surface area contributed by atoms with Gasteiger partial charge in [0, 0.05) is 6.54 Å². The van der Waals surface area contributed by atoms with Gasteiger partial charge in [0.2, 0.25) is 0 Å². The molecule has 0 fully saturated rings. The molecule has 0 radical (unpaired) electrons. The second-order valence-corrected chi connectivity index (χ2v) is 4.14. The van der Waals surface area contributed by atoms with E-state index in [0.717, 1.165) is 13.0 Å². The predicted octanol–water partition coefficient (Wildman–Crippen LogP) is 3.35. The van der Waals surface area contributed by atoms with Crippen molar-refractivity contribution in [3.05, 3.63) is 22.6 Å². The zero-order chi connectivity index (χ0) is 11.1. The number of furan rings is 1. The Bertz CT molecular complexity index is 309. The summed E-state index contributed by atoms with van der Waals surface area (Å²) in [6.45, 7) is 2.90. The number of rotatable bonds is 6. The molecular formula is C11H16BrNO2. The van der Waals surface area contributed by atoms with Crippen LogP contribution in [-0.4, -0.2) is 12.5 Å². The van der Waals surface area contributed by atoms with E-state index in [-0.39, 0.29) is 5.91 Å². The molecule has 0 unspecified atom stereocenters. The quantitative estimate of drug-likeness (QED) is 0.808. The summed E-state index contributed by atoms with van der Waals surface area (Å²) < 4.78 is 5.48. The molecule has 0 spiro atoms. The summed E-state index contributed by atoms with van der Waals surface area (Å²) in [6.07, 6.45) is 6.14. The summed E-state index contributed by atoms with van der Waals surface area (Å²) in [6, 6.07) is 1.66. The van der Waals surface area contributed by atoms with Gasteiger partial charge in [0.1, 0.15) is 0 Å². The van der Waals surface area contributed by atoms with Crippen LogP contribution in [0.3, 0.4) is 0 Å². The lowest BCUT2D eigenvalue weighted by Gasteiger charge is -2.03. The van der Waals surface area contributed by atoms with Gasteiger partial charge in [0.15, 0.2) is 4.67 Å². The molecule has 0 saturated heterocycles. The van der Waals surface area contributed by atoms with Crippen molar-refractivity contribution < 1.29 is 9.21 Å². The van der Waals surface area contributed by atoms with Gasteiger partial charge in [-0.3, -0.25) is 4.79 Å². The van der Waals surface area contributed by atoms with Crippen molar-refractivity contribution in [3.63, 3.8) is 0 Å². The average molecular weight is 274 g/mol. The Balaban J connectivity index is 2.22. The van der Waals surface area contributed by atoms with Crippen molar-refractivity contribution in [1.29, 1.82) is 0 Å². The molecule has 1 amide bonds. The summed E-state index contributed by atoms with van der Waals surface area (Å²) in [7, 11) is 0. The highest BCUT2D eigenvalue weighted by molar-refractivity contribution is 9.10. The van der Waals surface area contributed by atoms with E-state index >= 15 is 0 Å². The molecule has 15 heavy (non-hydrogen) atoms. The molecule has 0 atom stereocenters. The van der Waals surface area contributed by atoms with Crippen LogP contribution in [0.5, 0.6) is 0 Å². The van der Waals surface area contributed by atoms with E-state index in [4.69, 9.17) is 4.42 Å². The molecule has 0 aliphatic heterocycles.